The lowest BCUT2D eigenvalue weighted by molar-refractivity contribution is -0.162. The average Bonchev–Trinajstić information content (AvgIpc) is 2.85. The third kappa shape index (κ3) is 2.98. The van der Waals surface area contributed by atoms with Crippen LogP contribution in [-0.4, -0.2) is 67.5 Å². The standard InChI is InChI=1S/C19H26N2O6S/c1-19(2)16(17(25)27-11-13-6-4-3-5-7-13)21-14(24)10-15(21)28(19,12-23)18(26)20-8-9-22/h3-7,15-16,22-23H,8-12H2,1-2H3,(H,20,26)/t15-,16+/m1/s1. The van der Waals surface area contributed by atoms with E-state index in [2.05, 4.69) is 5.32 Å². The van der Waals surface area contributed by atoms with Crippen molar-refractivity contribution in [3.05, 3.63) is 35.9 Å². The van der Waals surface area contributed by atoms with Crippen LogP contribution in [-0.2, 0) is 20.9 Å². The number of benzene rings is 1. The molecule has 1 aromatic rings. The molecule has 0 radical (unpaired) electrons. The van der Waals surface area contributed by atoms with Gasteiger partial charge in [-0.15, -0.1) is 10.0 Å². The molecule has 0 aliphatic carbocycles. The molecule has 154 valence electrons. The summed E-state index contributed by atoms with van der Waals surface area (Å²) in [6.07, 6.45) is 0.119. The summed E-state index contributed by atoms with van der Waals surface area (Å²) < 4.78 is 4.49. The Morgan fingerprint density at radius 3 is 2.54 bits per heavy atom. The zero-order chi connectivity index (χ0) is 20.5. The first-order valence-electron chi connectivity index (χ1n) is 9.12. The smallest absolute Gasteiger partial charge is 0.330 e. The van der Waals surface area contributed by atoms with Gasteiger partial charge in [0.05, 0.1) is 24.3 Å². The average molecular weight is 410 g/mol. The Hall–Kier alpha value is -2.10. The van der Waals surface area contributed by atoms with Gasteiger partial charge in [0.15, 0.2) is 0 Å². The van der Waals surface area contributed by atoms with Gasteiger partial charge in [-0.1, -0.05) is 30.3 Å². The van der Waals surface area contributed by atoms with Crippen LogP contribution < -0.4 is 5.32 Å². The summed E-state index contributed by atoms with van der Waals surface area (Å²) in [5.41, 5.74) is 0.819. The van der Waals surface area contributed by atoms with Gasteiger partial charge in [-0.05, 0) is 19.4 Å². The molecule has 3 atom stereocenters. The lowest BCUT2D eigenvalue weighted by Gasteiger charge is -2.48. The summed E-state index contributed by atoms with van der Waals surface area (Å²) in [6, 6.07) is 8.25. The fourth-order valence-electron chi connectivity index (χ4n) is 4.10. The van der Waals surface area contributed by atoms with E-state index in [0.29, 0.717) is 0 Å². The third-order valence-corrected chi connectivity index (χ3v) is 10.3. The Kier molecular flexibility index (Phi) is 5.69. The summed E-state index contributed by atoms with van der Waals surface area (Å²) in [6.45, 7) is 3.35. The quantitative estimate of drug-likeness (QED) is 0.474. The first-order valence-corrected chi connectivity index (χ1v) is 11.0. The molecule has 0 aromatic heterocycles. The van der Waals surface area contributed by atoms with Crippen molar-refractivity contribution < 1.29 is 29.3 Å². The number of carbonyl (C=O) groups excluding carboxylic acids is 3. The van der Waals surface area contributed by atoms with Crippen molar-refractivity contribution in [2.24, 2.45) is 0 Å². The molecule has 2 heterocycles. The number of amides is 2. The number of carbonyl (C=O) groups is 3. The van der Waals surface area contributed by atoms with Gasteiger partial charge in [0, 0.05) is 11.3 Å². The van der Waals surface area contributed by atoms with Gasteiger partial charge in [0.25, 0.3) is 5.24 Å². The molecule has 0 saturated carbocycles. The molecular formula is C19H26N2O6S. The summed E-state index contributed by atoms with van der Waals surface area (Å²) in [5.74, 6) is -1.24. The number of aliphatic hydroxyl groups excluding tert-OH is 2. The number of hydrogen-bond acceptors (Lipinski definition) is 6. The van der Waals surface area contributed by atoms with E-state index < -0.39 is 43.3 Å². The monoisotopic (exact) mass is 410 g/mol. The second-order valence-corrected chi connectivity index (χ2v) is 11.2. The van der Waals surface area contributed by atoms with E-state index in [4.69, 9.17) is 9.84 Å². The zero-order valence-electron chi connectivity index (χ0n) is 16.0. The van der Waals surface area contributed by atoms with Crippen LogP contribution in [0.15, 0.2) is 30.3 Å². The maximum atomic E-state index is 13.0. The summed E-state index contributed by atoms with van der Waals surface area (Å²) in [4.78, 5) is 39.7. The number of esters is 1. The van der Waals surface area contributed by atoms with Crippen LogP contribution in [0.3, 0.4) is 0 Å². The van der Waals surface area contributed by atoms with Crippen LogP contribution in [0.25, 0.3) is 0 Å². The molecule has 1 unspecified atom stereocenters. The van der Waals surface area contributed by atoms with E-state index in [1.165, 1.54) is 4.90 Å². The second-order valence-electron chi connectivity index (χ2n) is 7.42. The lowest BCUT2D eigenvalue weighted by atomic mass is 9.98. The minimum absolute atomic E-state index is 0.0491. The Morgan fingerprint density at radius 1 is 1.29 bits per heavy atom. The molecule has 2 amide bonds. The molecular weight excluding hydrogens is 384 g/mol. The van der Waals surface area contributed by atoms with Crippen molar-refractivity contribution in [1.29, 1.82) is 0 Å². The van der Waals surface area contributed by atoms with Crippen LogP contribution >= 0.6 is 10.0 Å². The summed E-state index contributed by atoms with van der Waals surface area (Å²) >= 11 is 0. The van der Waals surface area contributed by atoms with Crippen molar-refractivity contribution in [3.8, 4) is 0 Å². The Morgan fingerprint density at radius 2 is 1.96 bits per heavy atom. The van der Waals surface area contributed by atoms with Gasteiger partial charge < -0.3 is 25.2 Å². The fourth-order valence-corrected chi connectivity index (χ4v) is 8.17. The highest BCUT2D eigenvalue weighted by Gasteiger charge is 2.71. The molecule has 1 aromatic carbocycles. The maximum Gasteiger partial charge on any atom is 0.330 e. The first-order chi connectivity index (χ1) is 13.3. The number of β-lactam (4-membered cyclic amide) rings is 1. The summed E-state index contributed by atoms with van der Waals surface area (Å²) in [5, 5.41) is 21.0. The molecule has 2 aliphatic heterocycles. The first kappa shape index (κ1) is 20.6. The molecule has 28 heavy (non-hydrogen) atoms. The number of fused-ring (bicyclic) bond motifs is 1. The van der Waals surface area contributed by atoms with Crippen molar-refractivity contribution >= 4 is 27.1 Å². The van der Waals surface area contributed by atoms with Crippen molar-refractivity contribution in [1.82, 2.24) is 10.2 Å². The van der Waals surface area contributed by atoms with Gasteiger partial charge in [-0.2, -0.15) is 0 Å². The van der Waals surface area contributed by atoms with E-state index in [1.807, 2.05) is 30.3 Å². The Labute approximate surface area is 165 Å². The number of aliphatic hydroxyl groups is 2. The van der Waals surface area contributed by atoms with Gasteiger partial charge in [-0.3, -0.25) is 9.59 Å². The van der Waals surface area contributed by atoms with Gasteiger partial charge in [0.1, 0.15) is 12.6 Å². The number of hydrogen-bond donors (Lipinski definition) is 3. The van der Waals surface area contributed by atoms with Crippen LogP contribution in [0, 0.1) is 0 Å². The second kappa shape index (κ2) is 7.73. The molecule has 9 heteroatoms. The largest absolute Gasteiger partial charge is 0.459 e. The SMILES string of the molecule is CC1(C)[C@H](C(=O)OCc2ccccc2)N2C(=O)C[C@H]2S1(CO)C(=O)NCCO. The van der Waals surface area contributed by atoms with Crippen LogP contribution in [0.5, 0.6) is 0 Å². The van der Waals surface area contributed by atoms with Crippen LogP contribution in [0.1, 0.15) is 25.8 Å². The molecule has 0 spiro atoms. The van der Waals surface area contributed by atoms with E-state index in [0.717, 1.165) is 5.56 Å². The van der Waals surface area contributed by atoms with E-state index in [1.54, 1.807) is 13.8 Å². The normalized spacial score (nSPS) is 30.0. The number of nitrogens with one attached hydrogen (secondary N) is 1. The van der Waals surface area contributed by atoms with Crippen molar-refractivity contribution in [2.75, 3.05) is 19.1 Å². The Bertz CT molecular complexity index is 771. The predicted molar refractivity (Wildman–Crippen MR) is 105 cm³/mol. The molecule has 2 fully saturated rings. The molecule has 8 nitrogen and oxygen atoms in total. The van der Waals surface area contributed by atoms with E-state index in [-0.39, 0.29) is 32.1 Å². The van der Waals surface area contributed by atoms with Gasteiger partial charge in [-0.25, -0.2) is 4.79 Å². The molecule has 3 rings (SSSR count). The Balaban J connectivity index is 1.87. The zero-order valence-corrected chi connectivity index (χ0v) is 16.8. The molecule has 2 saturated heterocycles. The van der Waals surface area contributed by atoms with E-state index in [9.17, 15) is 19.5 Å². The van der Waals surface area contributed by atoms with Crippen molar-refractivity contribution in [2.45, 2.75) is 43.0 Å². The minimum Gasteiger partial charge on any atom is -0.459 e. The summed E-state index contributed by atoms with van der Waals surface area (Å²) in [7, 11) is -2.48. The highest BCUT2D eigenvalue weighted by molar-refractivity contribution is 8.46. The minimum atomic E-state index is -2.48. The topological polar surface area (TPSA) is 116 Å². The lowest BCUT2D eigenvalue weighted by Crippen LogP contribution is -2.57. The van der Waals surface area contributed by atoms with Crippen molar-refractivity contribution in [3.63, 3.8) is 0 Å². The van der Waals surface area contributed by atoms with Crippen LogP contribution in [0.2, 0.25) is 0 Å². The maximum absolute atomic E-state index is 13.0. The number of ether oxygens (including phenoxy) is 1. The highest BCUT2D eigenvalue weighted by atomic mass is 32.3. The fraction of sp³-hybridized carbons (Fsp3) is 0.526. The van der Waals surface area contributed by atoms with E-state index >= 15 is 0 Å². The molecule has 0 bridgehead atoms. The highest BCUT2D eigenvalue weighted by Crippen LogP contribution is 2.73. The van der Waals surface area contributed by atoms with Gasteiger partial charge in [0.2, 0.25) is 5.91 Å². The predicted octanol–water partition coefficient (Wildman–Crippen LogP) is 0.905. The number of nitrogens with zero attached hydrogens (tertiary/aromatic N) is 1. The third-order valence-electron chi connectivity index (χ3n) is 5.65. The number of rotatable bonds is 6. The van der Waals surface area contributed by atoms with Crippen LogP contribution in [0.4, 0.5) is 4.79 Å². The van der Waals surface area contributed by atoms with Gasteiger partial charge >= 0.3 is 5.97 Å². The molecule has 3 N–H and O–H groups in total. The molecule has 2 aliphatic rings.